The molecular formula is C77H82Ir4N12OS-4. The summed E-state index contributed by atoms with van der Waals surface area (Å²) in [5, 5.41) is 19.0. The van der Waals surface area contributed by atoms with Crippen molar-refractivity contribution in [2.24, 2.45) is 0 Å². The van der Waals surface area contributed by atoms with Gasteiger partial charge < -0.3 is 4.74 Å². The van der Waals surface area contributed by atoms with E-state index in [1.807, 2.05) is 104 Å². The summed E-state index contributed by atoms with van der Waals surface area (Å²) in [5.74, 6) is 7.67. The van der Waals surface area contributed by atoms with Crippen molar-refractivity contribution in [3.05, 3.63) is 250 Å². The van der Waals surface area contributed by atoms with Crippen LogP contribution in [0.3, 0.4) is 0 Å². The molecule has 0 unspecified atom stereocenters. The topological polar surface area (TPSA) is 132 Å². The van der Waals surface area contributed by atoms with Gasteiger partial charge in [0, 0.05) is 112 Å². The molecule has 0 spiro atoms. The summed E-state index contributed by atoms with van der Waals surface area (Å²) in [6, 6.07) is 68.1. The number of rotatable bonds is 18. The third-order valence-corrected chi connectivity index (χ3v) is 15.8. The monoisotopic (exact) mass is 1990 g/mol. The first kappa shape index (κ1) is 78.8. The van der Waals surface area contributed by atoms with Gasteiger partial charge in [0.15, 0.2) is 0 Å². The van der Waals surface area contributed by atoms with Crippen LogP contribution in [0.15, 0.2) is 169 Å². The van der Waals surface area contributed by atoms with Gasteiger partial charge in [0.2, 0.25) is 0 Å². The summed E-state index contributed by atoms with van der Waals surface area (Å²) < 4.78 is 13.2. The fraction of sp³-hybridized carbons (Fsp3) is 0.273. The van der Waals surface area contributed by atoms with Crippen LogP contribution >= 0.6 is 11.8 Å². The second-order valence-corrected chi connectivity index (χ2v) is 23.4. The second-order valence-electron chi connectivity index (χ2n) is 22.5. The Hall–Kier alpha value is -6.93. The van der Waals surface area contributed by atoms with E-state index in [0.717, 1.165) is 148 Å². The number of hydrogen-bond donors (Lipinski definition) is 0. The van der Waals surface area contributed by atoms with Gasteiger partial charge in [0.05, 0.1) is 53.2 Å². The van der Waals surface area contributed by atoms with E-state index >= 15 is 0 Å². The zero-order chi connectivity index (χ0) is 64.4. The molecule has 18 heteroatoms. The molecule has 0 fully saturated rings. The minimum atomic E-state index is 0. The molecule has 12 aromatic rings. The van der Waals surface area contributed by atoms with Crippen LogP contribution in [-0.2, 0) is 106 Å². The molecule has 502 valence electrons. The minimum Gasteiger partial charge on any atom is -0.516 e. The number of ether oxygens (including phenoxy) is 1. The summed E-state index contributed by atoms with van der Waals surface area (Å²) in [6.45, 7) is 23.3. The van der Waals surface area contributed by atoms with Gasteiger partial charge >= 0.3 is 0 Å². The van der Waals surface area contributed by atoms with E-state index in [-0.39, 0.29) is 80.4 Å². The molecule has 4 aromatic heterocycles. The Morgan fingerprint density at radius 3 is 1.04 bits per heavy atom. The predicted octanol–water partition coefficient (Wildman–Crippen LogP) is 17.6. The quantitative estimate of drug-likeness (QED) is 0.0604. The summed E-state index contributed by atoms with van der Waals surface area (Å²) in [5.41, 5.74) is 16.3. The number of nitrogens with zero attached hydrogens (tertiary/aromatic N) is 12. The Kier molecular flexibility index (Phi) is 32.1. The first-order valence-electron chi connectivity index (χ1n) is 31.4. The molecule has 12 rings (SSSR count). The first-order chi connectivity index (χ1) is 44.2. The number of methoxy groups -OCH3 is 1. The Morgan fingerprint density at radius 1 is 0.379 bits per heavy atom. The minimum absolute atomic E-state index is 0. The molecule has 0 atom stereocenters. The molecule has 0 aliphatic heterocycles. The van der Waals surface area contributed by atoms with Crippen LogP contribution in [-0.4, -0.2) is 72.4 Å². The maximum Gasteiger partial charge on any atom is 0.122 e. The fourth-order valence-corrected chi connectivity index (χ4v) is 10.9. The van der Waals surface area contributed by atoms with E-state index in [1.54, 1.807) is 18.9 Å². The van der Waals surface area contributed by atoms with E-state index in [9.17, 15) is 0 Å². The second kappa shape index (κ2) is 38.7. The van der Waals surface area contributed by atoms with Crippen molar-refractivity contribution in [2.75, 3.05) is 13.4 Å². The number of thioether (sulfide) groups is 1. The van der Waals surface area contributed by atoms with Crippen LogP contribution in [0.4, 0.5) is 0 Å². The van der Waals surface area contributed by atoms with E-state index < -0.39 is 0 Å². The van der Waals surface area contributed by atoms with Crippen molar-refractivity contribution >= 4 is 11.8 Å². The van der Waals surface area contributed by atoms with E-state index in [1.165, 1.54) is 38.3 Å². The summed E-state index contributed by atoms with van der Waals surface area (Å²) in [4.78, 5) is 20.2. The van der Waals surface area contributed by atoms with Gasteiger partial charge in [-0.25, -0.2) is 18.7 Å². The average Bonchev–Trinajstić information content (AvgIpc) is 1.71. The SMILES string of the molecule is CCCc1nc(-c2[c-]c(C)cc(C)c2)nn1-c1ccccc1C.CCCc1nc(-c2[c-]ccc(C)c2)nn1-c1ccccc1C.CCCc1nc(-c2[c-]ccc(OC)c2)nn1-c1ccccc1C.CCCc1nc(-c2[c-]ccc(SC)c2)nn1-c1ccccc1C.[Ir].[Ir].[Ir].[Ir]. The molecule has 4 heterocycles. The molecule has 4 radical (unpaired) electrons. The van der Waals surface area contributed by atoms with E-state index in [4.69, 9.17) is 45.1 Å². The van der Waals surface area contributed by atoms with Crippen molar-refractivity contribution in [1.82, 2.24) is 59.1 Å². The molecule has 95 heavy (non-hydrogen) atoms. The predicted molar refractivity (Wildman–Crippen MR) is 370 cm³/mol. The fourth-order valence-electron chi connectivity index (χ4n) is 10.5. The number of benzene rings is 8. The van der Waals surface area contributed by atoms with Gasteiger partial charge in [-0.15, -0.1) is 136 Å². The summed E-state index contributed by atoms with van der Waals surface area (Å²) in [7, 11) is 1.65. The van der Waals surface area contributed by atoms with Gasteiger partial charge in [0.25, 0.3) is 0 Å². The molecule has 0 N–H and O–H groups in total. The summed E-state index contributed by atoms with van der Waals surface area (Å²) in [6.07, 6.45) is 9.82. The van der Waals surface area contributed by atoms with Crippen molar-refractivity contribution < 1.29 is 85.2 Å². The van der Waals surface area contributed by atoms with Gasteiger partial charge in [-0.1, -0.05) is 132 Å². The van der Waals surface area contributed by atoms with Crippen molar-refractivity contribution in [3.8, 4) is 74.1 Å². The third-order valence-electron chi connectivity index (χ3n) is 15.1. The first-order valence-corrected chi connectivity index (χ1v) is 32.6. The van der Waals surface area contributed by atoms with Crippen LogP contribution in [0.5, 0.6) is 5.75 Å². The molecule has 0 aliphatic carbocycles. The van der Waals surface area contributed by atoms with E-state index in [2.05, 4.69) is 186 Å². The van der Waals surface area contributed by atoms with Crippen LogP contribution in [0.2, 0.25) is 0 Å². The molecular weight excluding hydrogens is 1910 g/mol. The standard InChI is InChI=1S/C20H22N3.C19H20N3O.C19H20N3S.C19H20N3.4Ir/c1-5-8-19-21-20(17-12-14(2)11-15(3)13-17)22-23(19)18-10-7-6-9-16(18)4;2*1-4-8-18-20-19(15-10-7-11-16(13-15)23-3)21-22(18)17-12-6-5-9-14(17)2;1-4-8-18-20-19(16-11-7-9-14(2)13-16)21-22(18)17-12-6-5-10-15(17)3;;;;/h6-7,9-12H,5,8H2,1-4H3;2*5-7,9,11-13H,4,8H2,1-3H3;5-7,9-10,12-13H,4,8H2,1-3H3;;;;/q4*-1;;;;. The Balaban J connectivity index is 0.000000226. The normalized spacial score (nSPS) is 10.4. The molecule has 0 aliphatic rings. The van der Waals surface area contributed by atoms with Crippen LogP contribution in [0.25, 0.3) is 68.3 Å². The zero-order valence-corrected chi connectivity index (χ0v) is 66.7. The molecule has 0 saturated carbocycles. The van der Waals surface area contributed by atoms with Gasteiger partial charge in [-0.2, -0.15) is 20.4 Å². The van der Waals surface area contributed by atoms with Gasteiger partial charge in [0.1, 0.15) is 23.3 Å². The van der Waals surface area contributed by atoms with Gasteiger partial charge in [-0.05, 0) is 106 Å². The van der Waals surface area contributed by atoms with Crippen molar-refractivity contribution in [1.29, 1.82) is 0 Å². The number of para-hydroxylation sites is 4. The molecule has 13 nitrogen and oxygen atoms in total. The maximum atomic E-state index is 5.28. The largest absolute Gasteiger partial charge is 0.516 e. The average molecular weight is 1990 g/mol. The van der Waals surface area contributed by atoms with Crippen molar-refractivity contribution in [3.63, 3.8) is 0 Å². The molecule has 8 aromatic carbocycles. The molecule has 0 bridgehead atoms. The Bertz CT molecular complexity index is 4210. The number of aromatic nitrogens is 12. The number of aryl methyl sites for hydroxylation is 11. The maximum absolute atomic E-state index is 5.28. The van der Waals surface area contributed by atoms with Crippen LogP contribution < -0.4 is 4.74 Å². The zero-order valence-electron chi connectivity index (χ0n) is 56.3. The number of hydrogen-bond acceptors (Lipinski definition) is 10. The summed E-state index contributed by atoms with van der Waals surface area (Å²) >= 11 is 1.72. The third kappa shape index (κ3) is 20.6. The smallest absolute Gasteiger partial charge is 0.122 e. The van der Waals surface area contributed by atoms with Gasteiger partial charge in [-0.3, -0.25) is 19.9 Å². The molecule has 0 amide bonds. The van der Waals surface area contributed by atoms with Crippen LogP contribution in [0.1, 0.15) is 116 Å². The van der Waals surface area contributed by atoms with E-state index in [0.29, 0.717) is 5.82 Å². The van der Waals surface area contributed by atoms with Crippen LogP contribution in [0, 0.1) is 72.7 Å². The molecule has 0 saturated heterocycles. The Morgan fingerprint density at radius 2 is 0.705 bits per heavy atom. The Labute approximate surface area is 620 Å². The van der Waals surface area contributed by atoms with Crippen molar-refractivity contribution in [2.45, 2.75) is 132 Å².